The van der Waals surface area contributed by atoms with Gasteiger partial charge in [0.1, 0.15) is 5.56 Å². The zero-order chi connectivity index (χ0) is 16.2. The average molecular weight is 312 g/mol. The van der Waals surface area contributed by atoms with E-state index in [1.165, 1.54) is 23.9 Å². The van der Waals surface area contributed by atoms with Crippen LogP contribution in [0.3, 0.4) is 0 Å². The molecule has 1 rings (SSSR count). The Bertz CT molecular complexity index is 554. The molecule has 0 aliphatic heterocycles. The normalized spacial score (nSPS) is 11.0. The number of hydrogen-bond donors (Lipinski definition) is 2. The SMILES string of the molecule is CSCC(C)(C)NC(=O)c1c(C(=O)O)cccc1[N+](=O)[O-]. The highest BCUT2D eigenvalue weighted by Crippen LogP contribution is 2.23. The van der Waals surface area contributed by atoms with Crippen LogP contribution >= 0.6 is 11.8 Å². The maximum absolute atomic E-state index is 12.3. The Morgan fingerprint density at radius 1 is 1.43 bits per heavy atom. The van der Waals surface area contributed by atoms with Gasteiger partial charge in [0.25, 0.3) is 11.6 Å². The number of rotatable bonds is 6. The van der Waals surface area contributed by atoms with Crippen LogP contribution in [0.4, 0.5) is 5.69 Å². The van der Waals surface area contributed by atoms with E-state index < -0.39 is 33.6 Å². The molecular formula is C13H16N2O5S. The van der Waals surface area contributed by atoms with E-state index in [1.54, 1.807) is 13.8 Å². The second-order valence-electron chi connectivity index (χ2n) is 5.03. The van der Waals surface area contributed by atoms with E-state index in [0.717, 1.165) is 6.07 Å². The Balaban J connectivity index is 3.30. The molecule has 8 heteroatoms. The van der Waals surface area contributed by atoms with Crippen LogP contribution in [0.15, 0.2) is 18.2 Å². The molecule has 0 bridgehead atoms. The number of carboxylic acid groups (broad SMARTS) is 1. The van der Waals surface area contributed by atoms with E-state index >= 15 is 0 Å². The highest BCUT2D eigenvalue weighted by atomic mass is 32.2. The second-order valence-corrected chi connectivity index (χ2v) is 5.90. The smallest absolute Gasteiger partial charge is 0.336 e. The standard InChI is InChI=1S/C13H16N2O5S/c1-13(2,7-21-3)14-11(16)10-8(12(17)18)5-4-6-9(10)15(19)20/h4-6H,7H2,1-3H3,(H,14,16)(H,17,18). The third-order valence-corrected chi connectivity index (χ3v) is 3.66. The van der Waals surface area contributed by atoms with Gasteiger partial charge < -0.3 is 10.4 Å². The predicted octanol–water partition coefficient (Wildman–Crippen LogP) is 2.16. The molecule has 0 fully saturated rings. The summed E-state index contributed by atoms with van der Waals surface area (Å²) in [6.45, 7) is 3.52. The number of amides is 1. The van der Waals surface area contributed by atoms with Gasteiger partial charge in [-0.15, -0.1) is 0 Å². The lowest BCUT2D eigenvalue weighted by molar-refractivity contribution is -0.385. The number of nitro groups is 1. The van der Waals surface area contributed by atoms with Crippen molar-refractivity contribution in [3.8, 4) is 0 Å². The van der Waals surface area contributed by atoms with Crippen molar-refractivity contribution < 1.29 is 19.6 Å². The molecule has 1 aromatic rings. The molecule has 0 saturated carbocycles. The van der Waals surface area contributed by atoms with Gasteiger partial charge in [0.05, 0.1) is 10.5 Å². The van der Waals surface area contributed by atoms with Crippen molar-refractivity contribution in [1.82, 2.24) is 5.32 Å². The first-order valence-corrected chi connectivity index (χ1v) is 7.41. The minimum absolute atomic E-state index is 0.387. The molecule has 114 valence electrons. The van der Waals surface area contributed by atoms with Gasteiger partial charge in [0, 0.05) is 17.4 Å². The zero-order valence-corrected chi connectivity index (χ0v) is 12.7. The van der Waals surface area contributed by atoms with Gasteiger partial charge in [-0.1, -0.05) is 6.07 Å². The minimum Gasteiger partial charge on any atom is -0.478 e. The Morgan fingerprint density at radius 3 is 2.52 bits per heavy atom. The van der Waals surface area contributed by atoms with Crippen molar-refractivity contribution >= 4 is 29.3 Å². The van der Waals surface area contributed by atoms with Gasteiger partial charge in [0.2, 0.25) is 0 Å². The maximum atomic E-state index is 12.3. The lowest BCUT2D eigenvalue weighted by atomic mass is 10.0. The highest BCUT2D eigenvalue weighted by Gasteiger charge is 2.30. The highest BCUT2D eigenvalue weighted by molar-refractivity contribution is 7.98. The monoisotopic (exact) mass is 312 g/mol. The van der Waals surface area contributed by atoms with Gasteiger partial charge >= 0.3 is 5.97 Å². The molecule has 0 unspecified atom stereocenters. The summed E-state index contributed by atoms with van der Waals surface area (Å²) in [4.78, 5) is 33.7. The van der Waals surface area contributed by atoms with Crippen molar-refractivity contribution in [2.24, 2.45) is 0 Å². The average Bonchev–Trinajstić information content (AvgIpc) is 2.36. The van der Waals surface area contributed by atoms with E-state index in [0.29, 0.717) is 5.75 Å². The molecule has 0 aliphatic rings. The number of carbonyl (C=O) groups excluding carboxylic acids is 1. The van der Waals surface area contributed by atoms with Gasteiger partial charge in [-0.2, -0.15) is 11.8 Å². The fourth-order valence-corrected chi connectivity index (χ4v) is 2.67. The second kappa shape index (κ2) is 6.57. The van der Waals surface area contributed by atoms with Crippen LogP contribution in [0.2, 0.25) is 0 Å². The first-order chi connectivity index (χ1) is 9.69. The Hall–Kier alpha value is -2.09. The third kappa shape index (κ3) is 4.19. The van der Waals surface area contributed by atoms with Crippen LogP contribution < -0.4 is 5.32 Å². The quantitative estimate of drug-likeness (QED) is 0.615. The van der Waals surface area contributed by atoms with Crippen molar-refractivity contribution in [3.63, 3.8) is 0 Å². The van der Waals surface area contributed by atoms with Crippen LogP contribution in [0.25, 0.3) is 0 Å². The summed E-state index contributed by atoms with van der Waals surface area (Å²) >= 11 is 1.50. The Kier molecular flexibility index (Phi) is 5.31. The third-order valence-electron chi connectivity index (χ3n) is 2.65. The van der Waals surface area contributed by atoms with Gasteiger partial charge in [0.15, 0.2) is 0 Å². The molecule has 0 aliphatic carbocycles. The Morgan fingerprint density at radius 2 is 2.05 bits per heavy atom. The summed E-state index contributed by atoms with van der Waals surface area (Å²) in [7, 11) is 0. The molecular weight excluding hydrogens is 296 g/mol. The predicted molar refractivity (Wildman–Crippen MR) is 80.0 cm³/mol. The van der Waals surface area contributed by atoms with Gasteiger partial charge in [-0.05, 0) is 26.2 Å². The van der Waals surface area contributed by atoms with Crippen molar-refractivity contribution in [1.29, 1.82) is 0 Å². The number of nitro benzene ring substituents is 1. The fourth-order valence-electron chi connectivity index (χ4n) is 1.88. The number of carbonyl (C=O) groups is 2. The maximum Gasteiger partial charge on any atom is 0.336 e. The molecule has 1 aromatic carbocycles. The molecule has 0 radical (unpaired) electrons. The molecule has 2 N–H and O–H groups in total. The van der Waals surface area contributed by atoms with Crippen molar-refractivity contribution in [2.75, 3.05) is 12.0 Å². The summed E-state index contributed by atoms with van der Waals surface area (Å²) in [6, 6.07) is 3.53. The summed E-state index contributed by atoms with van der Waals surface area (Å²) in [5.41, 5.74) is -1.95. The number of nitrogens with one attached hydrogen (secondary N) is 1. The van der Waals surface area contributed by atoms with Gasteiger partial charge in [-0.25, -0.2) is 4.79 Å². The fraction of sp³-hybridized carbons (Fsp3) is 0.385. The van der Waals surface area contributed by atoms with Crippen LogP contribution in [0.5, 0.6) is 0 Å². The number of nitrogens with zero attached hydrogens (tertiary/aromatic N) is 1. The summed E-state index contributed by atoms with van der Waals surface area (Å²) in [5, 5.41) is 22.8. The van der Waals surface area contributed by atoms with Crippen LogP contribution in [0, 0.1) is 10.1 Å². The van der Waals surface area contributed by atoms with E-state index in [2.05, 4.69) is 5.32 Å². The molecule has 1 amide bonds. The molecule has 0 aromatic heterocycles. The van der Waals surface area contributed by atoms with Crippen molar-refractivity contribution in [3.05, 3.63) is 39.4 Å². The Labute approximate surface area is 125 Å². The summed E-state index contributed by atoms with van der Waals surface area (Å²) in [5.74, 6) is -1.56. The molecule has 0 atom stereocenters. The minimum atomic E-state index is -1.38. The van der Waals surface area contributed by atoms with Crippen LogP contribution in [-0.2, 0) is 0 Å². The topological polar surface area (TPSA) is 110 Å². The van der Waals surface area contributed by atoms with Gasteiger partial charge in [-0.3, -0.25) is 14.9 Å². The largest absolute Gasteiger partial charge is 0.478 e. The number of aromatic carboxylic acids is 1. The van der Waals surface area contributed by atoms with E-state index in [-0.39, 0.29) is 5.56 Å². The molecule has 0 spiro atoms. The van der Waals surface area contributed by atoms with E-state index in [4.69, 9.17) is 5.11 Å². The van der Waals surface area contributed by atoms with E-state index in [1.807, 2.05) is 6.26 Å². The molecule has 0 saturated heterocycles. The van der Waals surface area contributed by atoms with Crippen molar-refractivity contribution in [2.45, 2.75) is 19.4 Å². The first-order valence-electron chi connectivity index (χ1n) is 6.02. The molecule has 0 heterocycles. The first kappa shape index (κ1) is 17.0. The van der Waals surface area contributed by atoms with Crippen LogP contribution in [-0.4, -0.2) is 39.5 Å². The summed E-state index contributed by atoms with van der Waals surface area (Å²) < 4.78 is 0. The van der Waals surface area contributed by atoms with E-state index in [9.17, 15) is 19.7 Å². The number of thioether (sulfide) groups is 1. The molecule has 7 nitrogen and oxygen atoms in total. The zero-order valence-electron chi connectivity index (χ0n) is 11.9. The van der Waals surface area contributed by atoms with Crippen LogP contribution in [0.1, 0.15) is 34.6 Å². The lowest BCUT2D eigenvalue weighted by Gasteiger charge is -2.25. The number of benzene rings is 1. The lowest BCUT2D eigenvalue weighted by Crippen LogP contribution is -2.46. The molecule has 21 heavy (non-hydrogen) atoms. The number of carboxylic acids is 1. The summed E-state index contributed by atoms with van der Waals surface area (Å²) in [6.07, 6.45) is 1.86. The number of hydrogen-bond acceptors (Lipinski definition) is 5.